The van der Waals surface area contributed by atoms with Gasteiger partial charge in [0.15, 0.2) is 0 Å². The zero-order chi connectivity index (χ0) is 20.4. The van der Waals surface area contributed by atoms with Crippen LogP contribution in [0.25, 0.3) is 11.1 Å². The molecule has 0 bridgehead atoms. The SMILES string of the molecule is CN(C)CCN(C)c1cc(-c2ccc(N(C)C)nc2)c2c(c1C(N)=O)CC=N2. The lowest BCUT2D eigenvalue weighted by molar-refractivity contribution is 0.1000. The molecule has 0 fully saturated rings. The van der Waals surface area contributed by atoms with Crippen LogP contribution in [0.4, 0.5) is 17.2 Å². The van der Waals surface area contributed by atoms with Crippen LogP contribution in [0, 0.1) is 0 Å². The highest BCUT2D eigenvalue weighted by molar-refractivity contribution is 6.06. The van der Waals surface area contributed by atoms with Crippen molar-refractivity contribution >= 4 is 29.3 Å². The highest BCUT2D eigenvalue weighted by atomic mass is 16.1. The fourth-order valence-corrected chi connectivity index (χ4v) is 3.36. The number of nitrogens with two attached hydrogens (primary N) is 1. The molecule has 1 aliphatic heterocycles. The van der Waals surface area contributed by atoms with Gasteiger partial charge in [-0.3, -0.25) is 9.79 Å². The predicted molar refractivity (Wildman–Crippen MR) is 116 cm³/mol. The molecule has 2 aromatic rings. The van der Waals surface area contributed by atoms with Crippen molar-refractivity contribution in [3.05, 3.63) is 35.5 Å². The lowest BCUT2D eigenvalue weighted by Crippen LogP contribution is -2.30. The number of rotatable bonds is 7. The molecule has 2 N–H and O–H groups in total. The van der Waals surface area contributed by atoms with Gasteiger partial charge in [0.05, 0.1) is 16.9 Å². The van der Waals surface area contributed by atoms with Gasteiger partial charge in [-0.25, -0.2) is 4.98 Å². The Hall–Kier alpha value is -2.93. The molecule has 1 aromatic heterocycles. The Kier molecular flexibility index (Phi) is 5.65. The van der Waals surface area contributed by atoms with E-state index in [2.05, 4.69) is 19.8 Å². The van der Waals surface area contributed by atoms with E-state index in [0.29, 0.717) is 12.0 Å². The van der Waals surface area contributed by atoms with Gasteiger partial charge in [-0.05, 0) is 37.9 Å². The van der Waals surface area contributed by atoms with Crippen LogP contribution in [0.15, 0.2) is 29.4 Å². The number of primary amides is 1. The first-order valence-electron chi connectivity index (χ1n) is 9.31. The minimum atomic E-state index is -0.416. The molecule has 0 spiro atoms. The Morgan fingerprint density at radius 1 is 1.14 bits per heavy atom. The molecule has 1 amide bonds. The zero-order valence-electron chi connectivity index (χ0n) is 17.2. The van der Waals surface area contributed by atoms with Gasteiger partial charge >= 0.3 is 0 Å². The summed E-state index contributed by atoms with van der Waals surface area (Å²) in [4.78, 5) is 27.6. The maximum Gasteiger partial charge on any atom is 0.251 e. The molecule has 148 valence electrons. The van der Waals surface area contributed by atoms with Crippen molar-refractivity contribution in [1.82, 2.24) is 9.88 Å². The lowest BCUT2D eigenvalue weighted by atomic mass is 9.94. The van der Waals surface area contributed by atoms with Crippen LogP contribution in [0.5, 0.6) is 0 Å². The molecule has 0 atom stereocenters. The van der Waals surface area contributed by atoms with Gasteiger partial charge in [-0.2, -0.15) is 0 Å². The van der Waals surface area contributed by atoms with Crippen molar-refractivity contribution in [2.45, 2.75) is 6.42 Å². The van der Waals surface area contributed by atoms with Crippen molar-refractivity contribution in [3.8, 4) is 11.1 Å². The summed E-state index contributed by atoms with van der Waals surface area (Å²) in [5.74, 6) is 0.474. The average molecular weight is 380 g/mol. The molecule has 7 nitrogen and oxygen atoms in total. The van der Waals surface area contributed by atoms with Crippen molar-refractivity contribution in [2.75, 3.05) is 58.1 Å². The second-order valence-electron chi connectivity index (χ2n) is 7.55. The normalized spacial score (nSPS) is 12.4. The molecular formula is C21H28N6O. The topological polar surface area (TPSA) is 78.1 Å². The number of pyridine rings is 1. The highest BCUT2D eigenvalue weighted by Gasteiger charge is 2.25. The van der Waals surface area contributed by atoms with Gasteiger partial charge in [-0.15, -0.1) is 0 Å². The number of aromatic nitrogens is 1. The van der Waals surface area contributed by atoms with Gasteiger partial charge in [0.1, 0.15) is 5.82 Å². The van der Waals surface area contributed by atoms with Gasteiger partial charge in [0.25, 0.3) is 5.91 Å². The monoisotopic (exact) mass is 380 g/mol. The number of anilines is 2. The van der Waals surface area contributed by atoms with Crippen molar-refractivity contribution < 1.29 is 4.79 Å². The van der Waals surface area contributed by atoms with Crippen molar-refractivity contribution in [2.24, 2.45) is 10.7 Å². The lowest BCUT2D eigenvalue weighted by Gasteiger charge is -2.26. The van der Waals surface area contributed by atoms with Crippen molar-refractivity contribution in [3.63, 3.8) is 0 Å². The summed E-state index contributed by atoms with van der Waals surface area (Å²) in [5, 5.41) is 0. The smallest absolute Gasteiger partial charge is 0.251 e. The third-order valence-electron chi connectivity index (χ3n) is 4.95. The van der Waals surface area contributed by atoms with E-state index in [0.717, 1.165) is 47.0 Å². The molecule has 0 radical (unpaired) electrons. The Morgan fingerprint density at radius 3 is 2.46 bits per heavy atom. The van der Waals surface area contributed by atoms with Crippen LogP contribution in [0.1, 0.15) is 15.9 Å². The van der Waals surface area contributed by atoms with Crippen molar-refractivity contribution in [1.29, 1.82) is 0 Å². The standard InChI is InChI=1S/C21H28N6O/c1-25(2)10-11-27(5)17-12-16(14-6-7-18(24-13-14)26(3)4)20-15(8-9-23-20)19(17)21(22)28/h6-7,9,12-13H,8,10-11H2,1-5H3,(H2,22,28). The first-order chi connectivity index (χ1) is 13.3. The van der Waals surface area contributed by atoms with Gasteiger partial charge < -0.3 is 20.4 Å². The summed E-state index contributed by atoms with van der Waals surface area (Å²) in [6.45, 7) is 1.65. The number of aliphatic imine (C=N–C) groups is 1. The molecule has 0 aliphatic carbocycles. The van der Waals surface area contributed by atoms with Crippen LogP contribution >= 0.6 is 0 Å². The summed E-state index contributed by atoms with van der Waals surface area (Å²) in [6.07, 6.45) is 4.30. The van der Waals surface area contributed by atoms with E-state index in [1.807, 2.05) is 70.7 Å². The highest BCUT2D eigenvalue weighted by Crippen LogP contribution is 2.42. The quantitative estimate of drug-likeness (QED) is 0.796. The molecule has 0 saturated heterocycles. The second kappa shape index (κ2) is 7.98. The molecule has 0 unspecified atom stereocenters. The third-order valence-corrected chi connectivity index (χ3v) is 4.95. The Morgan fingerprint density at radius 2 is 1.89 bits per heavy atom. The number of amides is 1. The van der Waals surface area contributed by atoms with E-state index in [1.54, 1.807) is 0 Å². The summed E-state index contributed by atoms with van der Waals surface area (Å²) < 4.78 is 0. The number of fused-ring (bicyclic) bond motifs is 1. The summed E-state index contributed by atoms with van der Waals surface area (Å²) in [7, 11) is 9.98. The van der Waals surface area contributed by atoms with Gasteiger partial charge in [0.2, 0.25) is 0 Å². The number of benzene rings is 1. The molecule has 1 aromatic carbocycles. The third kappa shape index (κ3) is 3.84. The first kappa shape index (κ1) is 19.8. The molecule has 0 saturated carbocycles. The number of hydrogen-bond acceptors (Lipinski definition) is 6. The van der Waals surface area contributed by atoms with E-state index in [1.165, 1.54) is 0 Å². The van der Waals surface area contributed by atoms with Crippen LogP contribution in [-0.2, 0) is 6.42 Å². The minimum Gasteiger partial charge on any atom is -0.373 e. The van der Waals surface area contributed by atoms with E-state index < -0.39 is 5.91 Å². The van der Waals surface area contributed by atoms with E-state index in [-0.39, 0.29) is 0 Å². The fraction of sp³-hybridized carbons (Fsp3) is 0.381. The first-order valence-corrected chi connectivity index (χ1v) is 9.31. The minimum absolute atomic E-state index is 0.416. The average Bonchev–Trinajstić information content (AvgIpc) is 3.14. The van der Waals surface area contributed by atoms with Crippen LogP contribution < -0.4 is 15.5 Å². The molecule has 3 rings (SSSR count). The van der Waals surface area contributed by atoms with E-state index in [4.69, 9.17) is 5.73 Å². The number of likely N-dealkylation sites (N-methyl/N-ethyl adjacent to an activating group) is 2. The number of nitrogens with zero attached hydrogens (tertiary/aromatic N) is 5. The van der Waals surface area contributed by atoms with Crippen LogP contribution in [-0.4, -0.2) is 70.3 Å². The van der Waals surface area contributed by atoms with Crippen LogP contribution in [0.3, 0.4) is 0 Å². The Labute approximate surface area is 166 Å². The molecule has 28 heavy (non-hydrogen) atoms. The molecular weight excluding hydrogens is 352 g/mol. The number of carbonyl (C=O) groups is 1. The zero-order valence-corrected chi connectivity index (χ0v) is 17.2. The molecule has 7 heteroatoms. The number of hydrogen-bond donors (Lipinski definition) is 1. The van der Waals surface area contributed by atoms with E-state index in [9.17, 15) is 4.79 Å². The predicted octanol–water partition coefficient (Wildman–Crippen LogP) is 2.17. The largest absolute Gasteiger partial charge is 0.373 e. The van der Waals surface area contributed by atoms with E-state index >= 15 is 0 Å². The van der Waals surface area contributed by atoms with Gasteiger partial charge in [0, 0.05) is 64.2 Å². The summed E-state index contributed by atoms with van der Waals surface area (Å²) >= 11 is 0. The second-order valence-corrected chi connectivity index (χ2v) is 7.55. The van der Waals surface area contributed by atoms with Gasteiger partial charge in [-0.1, -0.05) is 0 Å². The fourth-order valence-electron chi connectivity index (χ4n) is 3.36. The Balaban J connectivity index is 2.12. The maximum absolute atomic E-state index is 12.3. The summed E-state index contributed by atoms with van der Waals surface area (Å²) in [5.41, 5.74) is 10.8. The van der Waals surface area contributed by atoms with Crippen LogP contribution in [0.2, 0.25) is 0 Å². The molecule has 2 heterocycles. The molecule has 1 aliphatic rings. The number of carbonyl (C=O) groups excluding carboxylic acids is 1. The maximum atomic E-state index is 12.3. The summed E-state index contributed by atoms with van der Waals surface area (Å²) in [6, 6.07) is 6.04. The Bertz CT molecular complexity index is 902.